The zero-order valence-electron chi connectivity index (χ0n) is 9.86. The molecule has 2 aliphatic heterocycles. The average molecular weight is 245 g/mol. The van der Waals surface area contributed by atoms with Gasteiger partial charge in [0, 0.05) is 13.2 Å². The van der Waals surface area contributed by atoms with Crippen molar-refractivity contribution < 1.29 is 23.9 Å². The summed E-state index contributed by atoms with van der Waals surface area (Å²) < 4.78 is 21.9. The van der Waals surface area contributed by atoms with E-state index >= 15 is 0 Å². The van der Waals surface area contributed by atoms with Crippen LogP contribution in [-0.2, 0) is 18.9 Å². The van der Waals surface area contributed by atoms with Crippen LogP contribution in [0.1, 0.15) is 13.8 Å². The Labute approximate surface area is 98.4 Å². The molecule has 0 aliphatic carbocycles. The van der Waals surface area contributed by atoms with Gasteiger partial charge in [0.2, 0.25) is 6.20 Å². The zero-order chi connectivity index (χ0) is 12.6. The summed E-state index contributed by atoms with van der Waals surface area (Å²) in [7, 11) is 1.51. The first-order valence-corrected chi connectivity index (χ1v) is 5.29. The van der Waals surface area contributed by atoms with Crippen molar-refractivity contribution in [2.24, 2.45) is 0 Å². The summed E-state index contributed by atoms with van der Waals surface area (Å²) in [5, 5.41) is 10.3. The van der Waals surface area contributed by atoms with Crippen LogP contribution >= 0.6 is 0 Å². The standard InChI is InChI=1S/C10H15NO6/c1-10(2)16-8-7(14-3)6(4-5-11(12)13)15-9(8)17-10/h4-9H,1-3H3/b5-4+/t6-,7+,8-,9-/m0/s1. The molecule has 0 aromatic rings. The monoisotopic (exact) mass is 245 g/mol. The molecule has 4 atom stereocenters. The highest BCUT2D eigenvalue weighted by Gasteiger charge is 2.54. The molecule has 0 saturated carbocycles. The van der Waals surface area contributed by atoms with E-state index in [1.807, 2.05) is 0 Å². The predicted molar refractivity (Wildman–Crippen MR) is 55.6 cm³/mol. The van der Waals surface area contributed by atoms with Crippen LogP contribution in [0.4, 0.5) is 0 Å². The number of methoxy groups -OCH3 is 1. The second-order valence-corrected chi connectivity index (χ2v) is 4.40. The van der Waals surface area contributed by atoms with Gasteiger partial charge < -0.3 is 18.9 Å². The molecular formula is C10H15NO6. The van der Waals surface area contributed by atoms with Crippen LogP contribution in [0.15, 0.2) is 12.3 Å². The Morgan fingerprint density at radius 1 is 1.41 bits per heavy atom. The molecule has 0 spiro atoms. The Balaban J connectivity index is 2.08. The van der Waals surface area contributed by atoms with Crippen molar-refractivity contribution in [3.8, 4) is 0 Å². The summed E-state index contributed by atoms with van der Waals surface area (Å²) in [6, 6.07) is 0. The van der Waals surface area contributed by atoms with Crippen LogP contribution in [-0.4, -0.2) is 42.4 Å². The first-order valence-electron chi connectivity index (χ1n) is 5.29. The molecule has 2 fully saturated rings. The smallest absolute Gasteiger partial charge is 0.233 e. The molecule has 17 heavy (non-hydrogen) atoms. The van der Waals surface area contributed by atoms with Gasteiger partial charge in [-0.05, 0) is 13.8 Å². The normalized spacial score (nSPS) is 39.7. The first kappa shape index (κ1) is 12.4. The van der Waals surface area contributed by atoms with Gasteiger partial charge in [-0.15, -0.1) is 0 Å². The lowest BCUT2D eigenvalue weighted by Gasteiger charge is -2.22. The topological polar surface area (TPSA) is 80.1 Å². The minimum absolute atomic E-state index is 0.364. The number of nitro groups is 1. The molecule has 0 bridgehead atoms. The number of rotatable bonds is 3. The van der Waals surface area contributed by atoms with Gasteiger partial charge in [0.05, 0.1) is 4.92 Å². The molecule has 7 heteroatoms. The Hall–Kier alpha value is -1.02. The molecule has 0 N–H and O–H groups in total. The number of ether oxygens (including phenoxy) is 4. The molecule has 0 radical (unpaired) electrons. The van der Waals surface area contributed by atoms with E-state index in [9.17, 15) is 10.1 Å². The Bertz CT molecular complexity index is 342. The van der Waals surface area contributed by atoms with Crippen LogP contribution in [0.3, 0.4) is 0 Å². The van der Waals surface area contributed by atoms with Gasteiger partial charge in [-0.1, -0.05) is 0 Å². The van der Waals surface area contributed by atoms with E-state index in [2.05, 4.69) is 0 Å². The van der Waals surface area contributed by atoms with E-state index in [-0.39, 0.29) is 6.10 Å². The molecule has 0 aromatic carbocycles. The zero-order valence-corrected chi connectivity index (χ0v) is 9.86. The third-order valence-electron chi connectivity index (χ3n) is 2.70. The summed E-state index contributed by atoms with van der Waals surface area (Å²) in [6.07, 6.45) is 0.331. The van der Waals surface area contributed by atoms with Crippen LogP contribution in [0.2, 0.25) is 0 Å². The van der Waals surface area contributed by atoms with Crippen molar-refractivity contribution in [1.82, 2.24) is 0 Å². The molecule has 2 aliphatic rings. The second-order valence-electron chi connectivity index (χ2n) is 4.40. The van der Waals surface area contributed by atoms with Crippen LogP contribution in [0.5, 0.6) is 0 Å². The molecule has 2 heterocycles. The minimum Gasteiger partial charge on any atom is -0.375 e. The van der Waals surface area contributed by atoms with E-state index in [1.54, 1.807) is 13.8 Å². The van der Waals surface area contributed by atoms with Crippen molar-refractivity contribution >= 4 is 0 Å². The van der Waals surface area contributed by atoms with Crippen LogP contribution < -0.4 is 0 Å². The van der Waals surface area contributed by atoms with Crippen molar-refractivity contribution in [3.05, 3.63) is 22.4 Å². The molecular weight excluding hydrogens is 230 g/mol. The van der Waals surface area contributed by atoms with Crippen molar-refractivity contribution in [2.75, 3.05) is 7.11 Å². The van der Waals surface area contributed by atoms with Gasteiger partial charge in [0.1, 0.15) is 18.3 Å². The lowest BCUT2D eigenvalue weighted by molar-refractivity contribution is -0.403. The maximum Gasteiger partial charge on any atom is 0.233 e. The highest BCUT2D eigenvalue weighted by molar-refractivity contribution is 5.02. The molecule has 96 valence electrons. The quantitative estimate of drug-likeness (QED) is 0.537. The average Bonchev–Trinajstić information content (AvgIpc) is 2.65. The maximum absolute atomic E-state index is 10.3. The van der Waals surface area contributed by atoms with Crippen LogP contribution in [0, 0.1) is 10.1 Å². The van der Waals surface area contributed by atoms with E-state index in [4.69, 9.17) is 18.9 Å². The summed E-state index contributed by atoms with van der Waals surface area (Å²) in [6.45, 7) is 3.56. The Morgan fingerprint density at radius 3 is 2.71 bits per heavy atom. The fourth-order valence-electron chi connectivity index (χ4n) is 2.08. The maximum atomic E-state index is 10.3. The third kappa shape index (κ3) is 2.47. The number of nitrogens with zero attached hydrogens (tertiary/aromatic N) is 1. The van der Waals surface area contributed by atoms with Gasteiger partial charge in [0.15, 0.2) is 12.1 Å². The lowest BCUT2D eigenvalue weighted by Crippen LogP contribution is -2.35. The fraction of sp³-hybridized carbons (Fsp3) is 0.800. The molecule has 0 amide bonds. The Morgan fingerprint density at radius 2 is 2.12 bits per heavy atom. The molecule has 0 unspecified atom stereocenters. The molecule has 2 saturated heterocycles. The van der Waals surface area contributed by atoms with Gasteiger partial charge >= 0.3 is 0 Å². The lowest BCUT2D eigenvalue weighted by atomic mass is 10.1. The van der Waals surface area contributed by atoms with Crippen molar-refractivity contribution in [2.45, 2.75) is 44.2 Å². The predicted octanol–water partition coefficient (Wildman–Crippen LogP) is 0.668. The summed E-state index contributed by atoms with van der Waals surface area (Å²) in [5.41, 5.74) is 0. The van der Waals surface area contributed by atoms with E-state index in [0.29, 0.717) is 0 Å². The van der Waals surface area contributed by atoms with Crippen molar-refractivity contribution in [1.29, 1.82) is 0 Å². The minimum atomic E-state index is -0.718. The van der Waals surface area contributed by atoms with Gasteiger partial charge in [0.25, 0.3) is 0 Å². The van der Waals surface area contributed by atoms with Crippen LogP contribution in [0.25, 0.3) is 0 Å². The number of hydrogen-bond donors (Lipinski definition) is 0. The fourth-order valence-corrected chi connectivity index (χ4v) is 2.08. The summed E-state index contributed by atoms with van der Waals surface area (Å²) >= 11 is 0. The highest BCUT2D eigenvalue weighted by Crippen LogP contribution is 2.38. The van der Waals surface area contributed by atoms with Gasteiger partial charge in [-0.25, -0.2) is 0 Å². The van der Waals surface area contributed by atoms with E-state index in [1.165, 1.54) is 13.2 Å². The highest BCUT2D eigenvalue weighted by atomic mass is 16.8. The molecule has 7 nitrogen and oxygen atoms in total. The van der Waals surface area contributed by atoms with E-state index in [0.717, 1.165) is 6.20 Å². The molecule has 2 rings (SSSR count). The summed E-state index contributed by atoms with van der Waals surface area (Å²) in [5.74, 6) is -0.718. The number of fused-ring (bicyclic) bond motifs is 1. The first-order chi connectivity index (χ1) is 7.93. The second kappa shape index (κ2) is 4.34. The third-order valence-corrected chi connectivity index (χ3v) is 2.70. The van der Waals surface area contributed by atoms with Crippen molar-refractivity contribution in [3.63, 3.8) is 0 Å². The van der Waals surface area contributed by atoms with E-state index < -0.39 is 29.2 Å². The van der Waals surface area contributed by atoms with Gasteiger partial charge in [-0.3, -0.25) is 10.1 Å². The SMILES string of the molecule is CO[C@H]1[C@@H]2OC(C)(C)O[C@@H]2O[C@H]1/C=C/[N+](=O)[O-]. The largest absolute Gasteiger partial charge is 0.375 e. The molecule has 0 aromatic heterocycles. The van der Waals surface area contributed by atoms with Gasteiger partial charge in [-0.2, -0.15) is 0 Å². The number of hydrogen-bond acceptors (Lipinski definition) is 6. The Kier molecular flexibility index (Phi) is 3.17. The summed E-state index contributed by atoms with van der Waals surface area (Å²) in [4.78, 5) is 9.71.